The Morgan fingerprint density at radius 2 is 1.89 bits per heavy atom. The second-order valence-corrected chi connectivity index (χ2v) is 7.42. The van der Waals surface area contributed by atoms with Crippen molar-refractivity contribution in [1.29, 1.82) is 0 Å². The summed E-state index contributed by atoms with van der Waals surface area (Å²) in [6, 6.07) is 4.79. The Hall–Kier alpha value is -2.61. The molecule has 2 rings (SSSR count). The fourth-order valence-electron chi connectivity index (χ4n) is 2.49. The molecule has 2 aromatic rings. The van der Waals surface area contributed by atoms with Crippen molar-refractivity contribution in [3.05, 3.63) is 61.6 Å². The molecular weight excluding hydrogens is 377 g/mol. The molecule has 7 nitrogen and oxygen atoms in total. The van der Waals surface area contributed by atoms with E-state index in [4.69, 9.17) is 16.3 Å². The molecule has 0 radical (unpaired) electrons. The van der Waals surface area contributed by atoms with Crippen LogP contribution in [-0.2, 0) is 16.1 Å². The first-order valence-electron chi connectivity index (χ1n) is 8.15. The maximum Gasteiger partial charge on any atom is 0.351 e. The summed E-state index contributed by atoms with van der Waals surface area (Å²) in [6.45, 7) is 6.29. The van der Waals surface area contributed by atoms with Crippen molar-refractivity contribution in [2.24, 2.45) is 0 Å². The summed E-state index contributed by atoms with van der Waals surface area (Å²) < 4.78 is 20.7. The standard InChI is InChI=1S/C18H21ClFN3O4/c1-11-8-15(24)23(21(5)14-9-12(20)6-7-13(14)19)17(26)22(11)10-16(25)27-18(2,3)4/h6-9H,10H2,1-5H3. The quantitative estimate of drug-likeness (QED) is 0.740. The first kappa shape index (κ1) is 20.7. The van der Waals surface area contributed by atoms with Crippen LogP contribution in [-0.4, -0.2) is 27.9 Å². The first-order valence-corrected chi connectivity index (χ1v) is 8.53. The van der Waals surface area contributed by atoms with E-state index in [1.165, 1.54) is 32.2 Å². The van der Waals surface area contributed by atoms with Crippen molar-refractivity contribution in [1.82, 2.24) is 9.24 Å². The van der Waals surface area contributed by atoms with Crippen molar-refractivity contribution in [2.45, 2.75) is 39.8 Å². The molecule has 0 aliphatic rings. The Bertz CT molecular complexity index is 992. The monoisotopic (exact) mass is 397 g/mol. The number of rotatable bonds is 4. The second kappa shape index (κ2) is 7.56. The Morgan fingerprint density at radius 3 is 2.48 bits per heavy atom. The van der Waals surface area contributed by atoms with Crippen molar-refractivity contribution < 1.29 is 13.9 Å². The van der Waals surface area contributed by atoms with Crippen molar-refractivity contribution in [3.63, 3.8) is 0 Å². The van der Waals surface area contributed by atoms with Gasteiger partial charge in [0.1, 0.15) is 18.0 Å². The van der Waals surface area contributed by atoms with Gasteiger partial charge in [0, 0.05) is 24.9 Å². The largest absolute Gasteiger partial charge is 0.459 e. The number of benzene rings is 1. The highest BCUT2D eigenvalue weighted by Crippen LogP contribution is 2.25. The van der Waals surface area contributed by atoms with Gasteiger partial charge in [0.25, 0.3) is 5.56 Å². The van der Waals surface area contributed by atoms with E-state index in [0.29, 0.717) is 5.69 Å². The highest BCUT2D eigenvalue weighted by molar-refractivity contribution is 6.33. The van der Waals surface area contributed by atoms with E-state index in [9.17, 15) is 18.8 Å². The van der Waals surface area contributed by atoms with E-state index in [0.717, 1.165) is 20.3 Å². The Labute approximate surface area is 160 Å². The minimum absolute atomic E-state index is 0.128. The molecule has 0 N–H and O–H groups in total. The van der Waals surface area contributed by atoms with Crippen LogP contribution in [0.25, 0.3) is 0 Å². The lowest BCUT2D eigenvalue weighted by Gasteiger charge is -2.24. The summed E-state index contributed by atoms with van der Waals surface area (Å²) >= 11 is 6.07. The number of halogens is 2. The number of aryl methyl sites for hydroxylation is 1. The van der Waals surface area contributed by atoms with Gasteiger partial charge in [-0.3, -0.25) is 19.2 Å². The number of anilines is 1. The van der Waals surface area contributed by atoms with E-state index in [1.54, 1.807) is 20.8 Å². The molecule has 1 aromatic heterocycles. The van der Waals surface area contributed by atoms with E-state index in [2.05, 4.69) is 0 Å². The fourth-order valence-corrected chi connectivity index (χ4v) is 2.73. The van der Waals surface area contributed by atoms with E-state index in [-0.39, 0.29) is 17.3 Å². The number of nitrogens with zero attached hydrogens (tertiary/aromatic N) is 3. The summed E-state index contributed by atoms with van der Waals surface area (Å²) in [4.78, 5) is 37.4. The SMILES string of the molecule is Cc1cc(=O)n(N(C)c2cc(F)ccc2Cl)c(=O)n1CC(=O)OC(C)(C)C. The van der Waals surface area contributed by atoms with Gasteiger partial charge in [0.15, 0.2) is 0 Å². The smallest absolute Gasteiger partial charge is 0.351 e. The molecule has 0 unspecified atom stereocenters. The van der Waals surface area contributed by atoms with E-state index < -0.39 is 28.6 Å². The number of carbonyl (C=O) groups excluding carboxylic acids is 1. The molecule has 0 amide bonds. The first-order chi connectivity index (χ1) is 12.4. The molecule has 1 aromatic carbocycles. The predicted molar refractivity (Wildman–Crippen MR) is 101 cm³/mol. The average Bonchev–Trinajstić information content (AvgIpc) is 2.51. The Morgan fingerprint density at radius 1 is 1.26 bits per heavy atom. The molecule has 0 fully saturated rings. The fraction of sp³-hybridized carbons (Fsp3) is 0.389. The van der Waals surface area contributed by atoms with Gasteiger partial charge in [0.05, 0.1) is 10.7 Å². The maximum absolute atomic E-state index is 13.6. The van der Waals surface area contributed by atoms with Gasteiger partial charge in [-0.15, -0.1) is 0 Å². The second-order valence-electron chi connectivity index (χ2n) is 7.01. The Balaban J connectivity index is 2.53. The lowest BCUT2D eigenvalue weighted by Crippen LogP contribution is -2.50. The van der Waals surface area contributed by atoms with Crippen molar-refractivity contribution >= 4 is 23.3 Å². The molecule has 0 spiro atoms. The zero-order valence-corrected chi connectivity index (χ0v) is 16.5. The summed E-state index contributed by atoms with van der Waals surface area (Å²) in [5.41, 5.74) is -1.70. The summed E-state index contributed by atoms with van der Waals surface area (Å²) in [5.74, 6) is -1.19. The molecule has 0 saturated carbocycles. The molecule has 146 valence electrons. The summed E-state index contributed by atoms with van der Waals surface area (Å²) in [5, 5.41) is 1.30. The molecule has 0 aliphatic heterocycles. The van der Waals surface area contributed by atoms with Crippen LogP contribution in [0, 0.1) is 12.7 Å². The van der Waals surface area contributed by atoms with Crippen LogP contribution in [0.2, 0.25) is 5.02 Å². The third-order valence-corrected chi connectivity index (χ3v) is 3.96. The minimum atomic E-state index is -0.770. The molecule has 0 atom stereocenters. The van der Waals surface area contributed by atoms with Crippen LogP contribution in [0.5, 0.6) is 0 Å². The van der Waals surface area contributed by atoms with E-state index >= 15 is 0 Å². The molecule has 27 heavy (non-hydrogen) atoms. The predicted octanol–water partition coefficient (Wildman–Crippen LogP) is 2.35. The number of hydrogen-bond donors (Lipinski definition) is 0. The molecule has 1 heterocycles. The molecular formula is C18H21ClFN3O4. The highest BCUT2D eigenvalue weighted by Gasteiger charge is 2.21. The van der Waals surface area contributed by atoms with Gasteiger partial charge in [-0.1, -0.05) is 11.6 Å². The van der Waals surface area contributed by atoms with Crippen molar-refractivity contribution in [2.75, 3.05) is 12.1 Å². The number of aromatic nitrogens is 2. The maximum atomic E-state index is 13.6. The molecule has 0 bridgehead atoms. The zero-order chi connectivity index (χ0) is 20.5. The van der Waals surface area contributed by atoms with Crippen LogP contribution in [0.4, 0.5) is 10.1 Å². The van der Waals surface area contributed by atoms with Gasteiger partial charge in [-0.05, 0) is 39.8 Å². The highest BCUT2D eigenvalue weighted by atomic mass is 35.5. The average molecular weight is 398 g/mol. The van der Waals surface area contributed by atoms with Crippen LogP contribution in [0.15, 0.2) is 33.9 Å². The van der Waals surface area contributed by atoms with Crippen molar-refractivity contribution in [3.8, 4) is 0 Å². The van der Waals surface area contributed by atoms with Crippen LogP contribution < -0.4 is 16.3 Å². The third kappa shape index (κ3) is 4.77. The third-order valence-electron chi connectivity index (χ3n) is 3.64. The van der Waals surface area contributed by atoms with E-state index in [1.807, 2.05) is 0 Å². The normalized spacial score (nSPS) is 11.4. The van der Waals surface area contributed by atoms with Gasteiger partial charge in [-0.25, -0.2) is 9.18 Å². The van der Waals surface area contributed by atoms with Crippen LogP contribution in [0.3, 0.4) is 0 Å². The molecule has 9 heteroatoms. The minimum Gasteiger partial charge on any atom is -0.459 e. The summed E-state index contributed by atoms with van der Waals surface area (Å²) in [7, 11) is 1.40. The summed E-state index contributed by atoms with van der Waals surface area (Å²) in [6.07, 6.45) is 0. The topological polar surface area (TPSA) is 73.5 Å². The van der Waals surface area contributed by atoms with Gasteiger partial charge >= 0.3 is 11.7 Å². The number of carbonyl (C=O) groups is 1. The zero-order valence-electron chi connectivity index (χ0n) is 15.7. The molecule has 0 saturated heterocycles. The lowest BCUT2D eigenvalue weighted by atomic mass is 10.2. The van der Waals surface area contributed by atoms with Gasteiger partial charge in [-0.2, -0.15) is 4.68 Å². The number of esters is 1. The van der Waals surface area contributed by atoms with Gasteiger partial charge < -0.3 is 4.74 Å². The number of hydrogen-bond acceptors (Lipinski definition) is 5. The number of ether oxygens (including phenoxy) is 1. The molecule has 0 aliphatic carbocycles. The van der Waals surface area contributed by atoms with Gasteiger partial charge in [0.2, 0.25) is 0 Å². The van der Waals surface area contributed by atoms with Crippen LogP contribution >= 0.6 is 11.6 Å². The lowest BCUT2D eigenvalue weighted by molar-refractivity contribution is -0.155. The Kier molecular flexibility index (Phi) is 5.79. The van der Waals surface area contributed by atoms with Crippen LogP contribution in [0.1, 0.15) is 26.5 Å².